The number of alkyl halides is 12. The van der Waals surface area contributed by atoms with E-state index in [1.165, 1.54) is 24.3 Å². The second-order valence-electron chi connectivity index (χ2n) is 8.95. The summed E-state index contributed by atoms with van der Waals surface area (Å²) in [4.78, 5) is 0.942. The molecule has 4 nitrogen and oxygen atoms in total. The lowest BCUT2D eigenvalue weighted by Crippen LogP contribution is -2.60. The molecule has 238 valence electrons. The van der Waals surface area contributed by atoms with Crippen molar-refractivity contribution in [3.63, 3.8) is 0 Å². The summed E-state index contributed by atoms with van der Waals surface area (Å²) in [6, 6.07) is 17.3. The number of hydrogen-bond donors (Lipinski definition) is 3. The Morgan fingerprint density at radius 3 is 1.12 bits per heavy atom. The van der Waals surface area contributed by atoms with Gasteiger partial charge in [-0.1, -0.05) is 30.3 Å². The van der Waals surface area contributed by atoms with Crippen molar-refractivity contribution in [1.29, 1.82) is 0 Å². The van der Waals surface area contributed by atoms with Gasteiger partial charge in [-0.2, -0.15) is 63.6 Å². The Bertz CT molecular complexity index is 1260. The summed E-state index contributed by atoms with van der Waals surface area (Å²) in [7, 11) is -1.82. The fourth-order valence-electron chi connectivity index (χ4n) is 3.47. The molecule has 3 aromatic carbocycles. The van der Waals surface area contributed by atoms with Crippen LogP contribution < -0.4 is 9.47 Å². The Balaban J connectivity index is 1.98. The fourth-order valence-corrected chi connectivity index (χ4v) is 5.82. The van der Waals surface area contributed by atoms with Gasteiger partial charge in [-0.05, 0) is 63.2 Å². The molecule has 0 amide bonds. The molecule has 0 radical (unpaired) electrons. The van der Waals surface area contributed by atoms with Gasteiger partial charge in [-0.25, -0.2) is 0 Å². The molecule has 0 fully saturated rings. The summed E-state index contributed by atoms with van der Waals surface area (Å²) < 4.78 is 166. The minimum Gasteiger partial charge on any atom is -0.490 e. The SMILES string of the molecule is OC(COc1cccc([SH](c2ccccc2)c2cccc(OCC(O)(C(F)(F)F)C(F)(F)F)c2)c1)(C(F)(F)F)C(F)(F)F. The second-order valence-corrected chi connectivity index (χ2v) is 11.2. The van der Waals surface area contributed by atoms with Crippen molar-refractivity contribution in [3.05, 3.63) is 78.9 Å². The number of benzene rings is 3. The maximum atomic E-state index is 13.1. The number of hydrogen-bond acceptors (Lipinski definition) is 4. The van der Waals surface area contributed by atoms with E-state index < -0.39 is 71.5 Å². The molecular formula is C26H20F12O4S. The van der Waals surface area contributed by atoms with Crippen molar-refractivity contribution >= 4 is 10.9 Å². The lowest BCUT2D eigenvalue weighted by molar-refractivity contribution is -0.374. The first kappa shape index (κ1) is 34.2. The normalized spacial score (nSPS) is 14.0. The molecule has 0 aliphatic heterocycles. The van der Waals surface area contributed by atoms with Crippen molar-refractivity contribution in [3.8, 4) is 11.5 Å². The zero-order chi connectivity index (χ0) is 32.5. The molecule has 3 aromatic rings. The Hall–Kier alpha value is -3.31. The third-order valence-electron chi connectivity index (χ3n) is 5.94. The van der Waals surface area contributed by atoms with Crippen LogP contribution in [0.25, 0.3) is 0 Å². The Morgan fingerprint density at radius 1 is 0.465 bits per heavy atom. The molecule has 0 aromatic heterocycles. The van der Waals surface area contributed by atoms with Crippen molar-refractivity contribution in [1.82, 2.24) is 0 Å². The van der Waals surface area contributed by atoms with Crippen LogP contribution in [0.15, 0.2) is 93.5 Å². The fraction of sp³-hybridized carbons (Fsp3) is 0.308. The number of ether oxygens (including phenoxy) is 2. The van der Waals surface area contributed by atoms with Crippen LogP contribution in [0.1, 0.15) is 0 Å². The van der Waals surface area contributed by atoms with E-state index >= 15 is 0 Å². The van der Waals surface area contributed by atoms with Gasteiger partial charge in [0.1, 0.15) is 24.7 Å². The Morgan fingerprint density at radius 2 is 0.791 bits per heavy atom. The highest BCUT2D eigenvalue weighted by Gasteiger charge is 2.72. The van der Waals surface area contributed by atoms with E-state index in [4.69, 9.17) is 9.47 Å². The lowest BCUT2D eigenvalue weighted by Gasteiger charge is -2.32. The van der Waals surface area contributed by atoms with Crippen LogP contribution in [0.5, 0.6) is 11.5 Å². The average molecular weight is 656 g/mol. The molecule has 0 bridgehead atoms. The van der Waals surface area contributed by atoms with Crippen LogP contribution in [0.2, 0.25) is 0 Å². The van der Waals surface area contributed by atoms with Crippen LogP contribution in [-0.2, 0) is 0 Å². The van der Waals surface area contributed by atoms with Crippen molar-refractivity contribution in [2.45, 2.75) is 50.6 Å². The van der Waals surface area contributed by atoms with Crippen LogP contribution in [-0.4, -0.2) is 59.3 Å². The summed E-state index contributed by atoms with van der Waals surface area (Å²) in [6.45, 7) is -4.48. The number of rotatable bonds is 9. The van der Waals surface area contributed by atoms with Gasteiger partial charge >= 0.3 is 24.7 Å². The lowest BCUT2D eigenvalue weighted by atomic mass is 10.0. The first-order chi connectivity index (χ1) is 19.6. The molecule has 0 aliphatic carbocycles. The summed E-state index contributed by atoms with van der Waals surface area (Å²) in [5.74, 6) is -1.03. The van der Waals surface area contributed by atoms with Crippen molar-refractivity contribution in [2.24, 2.45) is 0 Å². The van der Waals surface area contributed by atoms with Crippen LogP contribution in [0.4, 0.5) is 52.7 Å². The molecular weight excluding hydrogens is 636 g/mol. The molecule has 0 saturated heterocycles. The topological polar surface area (TPSA) is 58.9 Å². The van der Waals surface area contributed by atoms with E-state index in [-0.39, 0.29) is 9.79 Å². The predicted molar refractivity (Wildman–Crippen MR) is 128 cm³/mol. The average Bonchev–Trinajstić information content (AvgIpc) is 2.89. The molecule has 3 rings (SSSR count). The van der Waals surface area contributed by atoms with Gasteiger partial charge in [-0.15, -0.1) is 0 Å². The molecule has 0 unspecified atom stereocenters. The number of aliphatic hydroxyl groups is 2. The zero-order valence-corrected chi connectivity index (χ0v) is 22.0. The maximum Gasteiger partial charge on any atom is 0.429 e. The molecule has 0 atom stereocenters. The first-order valence-corrected chi connectivity index (χ1v) is 13.0. The van der Waals surface area contributed by atoms with Gasteiger partial charge in [0.05, 0.1) is 0 Å². The summed E-state index contributed by atoms with van der Waals surface area (Å²) in [5, 5.41) is 18.8. The maximum absolute atomic E-state index is 13.1. The first-order valence-electron chi connectivity index (χ1n) is 11.6. The standard InChI is InChI=1S/C26H20F12O4S/c27-23(28,29)21(39,24(30,31)32)14-41-16-6-4-10-19(12-16)43(18-8-2-1-3-9-18)20-11-5-7-17(13-20)42-15-22(40,25(33,34)35)26(36,37)38/h1-13,39-40,43H,14-15H2. The minimum absolute atomic E-state index is 0.223. The van der Waals surface area contributed by atoms with Crippen LogP contribution in [0, 0.1) is 0 Å². The quantitative estimate of drug-likeness (QED) is 0.164. The second kappa shape index (κ2) is 12.0. The molecule has 43 heavy (non-hydrogen) atoms. The molecule has 0 saturated carbocycles. The van der Waals surface area contributed by atoms with Crippen molar-refractivity contribution in [2.75, 3.05) is 13.2 Å². The number of halogens is 12. The van der Waals surface area contributed by atoms with Gasteiger partial charge in [-0.3, -0.25) is 0 Å². The van der Waals surface area contributed by atoms with Crippen molar-refractivity contribution < 1.29 is 72.4 Å². The smallest absolute Gasteiger partial charge is 0.429 e. The molecule has 0 heterocycles. The molecule has 2 N–H and O–H groups in total. The largest absolute Gasteiger partial charge is 0.490 e. The Labute approximate surface area is 237 Å². The van der Waals surface area contributed by atoms with E-state index in [9.17, 15) is 62.9 Å². The summed E-state index contributed by atoms with van der Waals surface area (Å²) in [6.07, 6.45) is -24.5. The van der Waals surface area contributed by atoms with E-state index in [0.29, 0.717) is 4.90 Å². The van der Waals surface area contributed by atoms with E-state index in [0.717, 1.165) is 24.3 Å². The number of thiol groups is 1. The zero-order valence-electron chi connectivity index (χ0n) is 21.1. The summed E-state index contributed by atoms with van der Waals surface area (Å²) >= 11 is 0. The highest BCUT2D eigenvalue weighted by molar-refractivity contribution is 8.17. The van der Waals surface area contributed by atoms with E-state index in [1.807, 2.05) is 0 Å². The third kappa shape index (κ3) is 7.26. The highest BCUT2D eigenvalue weighted by Crippen LogP contribution is 2.53. The van der Waals surface area contributed by atoms with E-state index in [2.05, 4.69) is 0 Å². The van der Waals surface area contributed by atoms with Crippen LogP contribution in [0.3, 0.4) is 0 Å². The Kier molecular flexibility index (Phi) is 9.54. The van der Waals surface area contributed by atoms with E-state index in [1.54, 1.807) is 30.3 Å². The van der Waals surface area contributed by atoms with Gasteiger partial charge in [0, 0.05) is 0 Å². The molecule has 0 spiro atoms. The van der Waals surface area contributed by atoms with Gasteiger partial charge in [0.25, 0.3) is 11.2 Å². The monoisotopic (exact) mass is 656 g/mol. The molecule has 0 aliphatic rings. The minimum atomic E-state index is -6.13. The van der Waals surface area contributed by atoms with Gasteiger partial charge < -0.3 is 19.7 Å². The van der Waals surface area contributed by atoms with Gasteiger partial charge in [0.15, 0.2) is 0 Å². The molecule has 17 heteroatoms. The third-order valence-corrected chi connectivity index (χ3v) is 8.34. The predicted octanol–water partition coefficient (Wildman–Crippen LogP) is 7.63. The van der Waals surface area contributed by atoms with Gasteiger partial charge in [0.2, 0.25) is 0 Å². The van der Waals surface area contributed by atoms with Crippen LogP contribution >= 0.6 is 10.9 Å². The highest BCUT2D eigenvalue weighted by atomic mass is 32.2. The summed E-state index contributed by atoms with van der Waals surface area (Å²) in [5.41, 5.74) is -10.4.